The van der Waals surface area contributed by atoms with Crippen LogP contribution in [0, 0.1) is 0 Å². The topological polar surface area (TPSA) is 102 Å². The summed E-state index contributed by atoms with van der Waals surface area (Å²) in [6.45, 7) is 4.31. The van der Waals surface area contributed by atoms with Crippen molar-refractivity contribution in [2.75, 3.05) is 16.0 Å². The number of rotatable bonds is 9. The van der Waals surface area contributed by atoms with Crippen LogP contribution >= 0.6 is 11.8 Å². The van der Waals surface area contributed by atoms with Crippen LogP contribution in [-0.2, 0) is 11.3 Å². The molecule has 0 aliphatic rings. The number of benzene rings is 2. The molecule has 0 aliphatic heterocycles. The van der Waals surface area contributed by atoms with Crippen molar-refractivity contribution in [3.63, 3.8) is 0 Å². The largest absolute Gasteiger partial charge is 0.414 e. The van der Waals surface area contributed by atoms with Gasteiger partial charge in [0.25, 0.3) is 5.22 Å². The van der Waals surface area contributed by atoms with Gasteiger partial charge in [0.1, 0.15) is 19.2 Å². The molecule has 4 rings (SSSR count). The van der Waals surface area contributed by atoms with Crippen LogP contribution in [0.2, 0.25) is 0 Å². The minimum Gasteiger partial charge on any atom is -0.414 e. The second-order valence-electron chi connectivity index (χ2n) is 7.24. The minimum absolute atomic E-state index is 0.00148. The Morgan fingerprint density at radius 2 is 1.84 bits per heavy atom. The third kappa shape index (κ3) is 5.52. The Kier molecular flexibility index (Phi) is 6.81. The van der Waals surface area contributed by atoms with Gasteiger partial charge in [-0.15, -0.1) is 10.2 Å². The lowest BCUT2D eigenvalue weighted by Gasteiger charge is -2.27. The van der Waals surface area contributed by atoms with E-state index in [1.165, 1.54) is 18.1 Å². The molecular formula is C22H23N7O2S. The summed E-state index contributed by atoms with van der Waals surface area (Å²) >= 11 is 1.22. The van der Waals surface area contributed by atoms with Gasteiger partial charge in [-0.2, -0.15) is 5.10 Å². The smallest absolute Gasteiger partial charge is 0.277 e. The summed E-state index contributed by atoms with van der Waals surface area (Å²) in [4.78, 5) is 18.6. The zero-order chi connectivity index (χ0) is 22.3. The van der Waals surface area contributed by atoms with Gasteiger partial charge in [-0.05, 0) is 50.2 Å². The van der Waals surface area contributed by atoms with Crippen LogP contribution in [-0.4, -0.2) is 42.7 Å². The Bertz CT molecular complexity index is 1130. The van der Waals surface area contributed by atoms with E-state index in [1.807, 2.05) is 68.4 Å². The molecule has 9 nitrogen and oxygen atoms in total. The predicted octanol–water partition coefficient (Wildman–Crippen LogP) is 3.99. The lowest BCUT2D eigenvalue weighted by atomic mass is 10.2. The molecule has 2 heterocycles. The molecule has 0 saturated carbocycles. The van der Waals surface area contributed by atoms with Gasteiger partial charge in [0.15, 0.2) is 0 Å². The highest BCUT2D eigenvalue weighted by Crippen LogP contribution is 2.25. The van der Waals surface area contributed by atoms with Crippen molar-refractivity contribution in [1.82, 2.24) is 25.0 Å². The van der Waals surface area contributed by atoms with Gasteiger partial charge in [-0.3, -0.25) is 4.79 Å². The number of anilines is 3. The molecule has 164 valence electrons. The van der Waals surface area contributed by atoms with Crippen molar-refractivity contribution < 1.29 is 9.21 Å². The molecule has 4 aromatic rings. The summed E-state index contributed by atoms with van der Waals surface area (Å²) in [5.74, 6) is 0.560. The van der Waals surface area contributed by atoms with Crippen LogP contribution in [0.3, 0.4) is 0 Å². The summed E-state index contributed by atoms with van der Waals surface area (Å²) in [6.07, 6.45) is 3.01. The first-order valence-electron chi connectivity index (χ1n) is 10.1. The molecule has 0 bridgehead atoms. The molecule has 0 atom stereocenters. The monoisotopic (exact) mass is 449 g/mol. The Labute approximate surface area is 189 Å². The second kappa shape index (κ2) is 10.1. The fraction of sp³-hybridized carbons (Fsp3) is 0.227. The zero-order valence-corrected chi connectivity index (χ0v) is 18.6. The van der Waals surface area contributed by atoms with Crippen LogP contribution in [0.5, 0.6) is 0 Å². The molecule has 10 heteroatoms. The highest BCUT2D eigenvalue weighted by molar-refractivity contribution is 7.99. The van der Waals surface area contributed by atoms with E-state index < -0.39 is 0 Å². The quantitative estimate of drug-likeness (QED) is 0.383. The van der Waals surface area contributed by atoms with Crippen LogP contribution in [0.25, 0.3) is 0 Å². The molecule has 1 amide bonds. The molecule has 0 fully saturated rings. The third-order valence-electron chi connectivity index (χ3n) is 4.52. The van der Waals surface area contributed by atoms with E-state index in [9.17, 15) is 4.79 Å². The molecule has 2 aromatic heterocycles. The van der Waals surface area contributed by atoms with Crippen molar-refractivity contribution in [1.29, 1.82) is 0 Å². The van der Waals surface area contributed by atoms with Crippen molar-refractivity contribution in [2.45, 2.75) is 31.7 Å². The van der Waals surface area contributed by atoms with Gasteiger partial charge in [-0.1, -0.05) is 30.0 Å². The highest BCUT2D eigenvalue weighted by atomic mass is 32.2. The maximum absolute atomic E-state index is 13.0. The number of carbonyl (C=O) groups excluding carboxylic acids is 1. The van der Waals surface area contributed by atoms with Crippen LogP contribution in [0.1, 0.15) is 19.7 Å². The normalized spacial score (nSPS) is 11.0. The molecular weight excluding hydrogens is 426 g/mol. The standard InChI is InChI=1S/C22H23N7O2S/c1-16(2)29(19-10-8-18(9-11-19)25-17-6-4-3-5-7-17)21(30)13-32-22-27-26-20(31-22)12-28-15-23-14-24-28/h3-11,14-16,25H,12-13H2,1-2H3. The fourth-order valence-electron chi connectivity index (χ4n) is 3.13. The van der Waals surface area contributed by atoms with E-state index in [-0.39, 0.29) is 17.7 Å². The maximum atomic E-state index is 13.0. The van der Waals surface area contributed by atoms with E-state index in [1.54, 1.807) is 15.9 Å². The molecule has 32 heavy (non-hydrogen) atoms. The van der Waals surface area contributed by atoms with Crippen LogP contribution in [0.15, 0.2) is 76.9 Å². The molecule has 0 radical (unpaired) electrons. The van der Waals surface area contributed by atoms with Gasteiger partial charge < -0.3 is 14.6 Å². The number of amides is 1. The Balaban J connectivity index is 1.37. The van der Waals surface area contributed by atoms with E-state index in [4.69, 9.17) is 4.42 Å². The second-order valence-corrected chi connectivity index (χ2v) is 8.17. The van der Waals surface area contributed by atoms with Crippen LogP contribution in [0.4, 0.5) is 17.1 Å². The van der Waals surface area contributed by atoms with Gasteiger partial charge >= 0.3 is 0 Å². The number of hydrogen-bond donors (Lipinski definition) is 1. The molecule has 1 N–H and O–H groups in total. The Morgan fingerprint density at radius 3 is 2.53 bits per heavy atom. The first-order chi connectivity index (χ1) is 15.6. The number of aromatic nitrogens is 5. The molecule has 0 saturated heterocycles. The summed E-state index contributed by atoms with van der Waals surface area (Å²) in [5, 5.41) is 15.7. The number of nitrogens with zero attached hydrogens (tertiary/aromatic N) is 6. The highest BCUT2D eigenvalue weighted by Gasteiger charge is 2.20. The number of nitrogens with one attached hydrogen (secondary N) is 1. The first-order valence-corrected chi connectivity index (χ1v) is 11.1. The van der Waals surface area contributed by atoms with Crippen molar-refractivity contribution in [3.05, 3.63) is 73.1 Å². The van der Waals surface area contributed by atoms with Gasteiger partial charge in [0, 0.05) is 23.1 Å². The van der Waals surface area contributed by atoms with Gasteiger partial charge in [0.05, 0.1) is 5.75 Å². The molecule has 2 aromatic carbocycles. The Hall–Kier alpha value is -3.66. The number of thioether (sulfide) groups is 1. The Morgan fingerprint density at radius 1 is 1.09 bits per heavy atom. The molecule has 0 spiro atoms. The molecule has 0 unspecified atom stereocenters. The number of para-hydroxylation sites is 1. The SMILES string of the molecule is CC(C)N(C(=O)CSc1nnc(Cn2cncn2)o1)c1ccc(Nc2ccccc2)cc1. The summed E-state index contributed by atoms with van der Waals surface area (Å²) in [6, 6.07) is 17.8. The predicted molar refractivity (Wildman–Crippen MR) is 123 cm³/mol. The molecule has 0 aliphatic carbocycles. The van der Waals surface area contributed by atoms with E-state index in [2.05, 4.69) is 25.6 Å². The van der Waals surface area contributed by atoms with E-state index in [0.717, 1.165) is 17.1 Å². The lowest BCUT2D eigenvalue weighted by Crippen LogP contribution is -2.38. The van der Waals surface area contributed by atoms with Crippen molar-refractivity contribution >= 4 is 34.7 Å². The van der Waals surface area contributed by atoms with Crippen molar-refractivity contribution in [2.24, 2.45) is 0 Å². The van der Waals surface area contributed by atoms with Gasteiger partial charge in [0.2, 0.25) is 11.8 Å². The lowest BCUT2D eigenvalue weighted by molar-refractivity contribution is -0.116. The van der Waals surface area contributed by atoms with Crippen molar-refractivity contribution in [3.8, 4) is 0 Å². The summed E-state index contributed by atoms with van der Waals surface area (Å²) in [5.41, 5.74) is 2.80. The first kappa shape index (κ1) is 21.6. The zero-order valence-electron chi connectivity index (χ0n) is 17.8. The minimum atomic E-state index is -0.0372. The maximum Gasteiger partial charge on any atom is 0.277 e. The average molecular weight is 450 g/mol. The third-order valence-corrected chi connectivity index (χ3v) is 5.33. The van der Waals surface area contributed by atoms with Crippen LogP contribution < -0.4 is 10.2 Å². The van der Waals surface area contributed by atoms with Gasteiger partial charge in [-0.25, -0.2) is 9.67 Å². The van der Waals surface area contributed by atoms with E-state index in [0.29, 0.717) is 17.7 Å². The average Bonchev–Trinajstić information content (AvgIpc) is 3.47. The number of carbonyl (C=O) groups is 1. The van der Waals surface area contributed by atoms with E-state index >= 15 is 0 Å². The fourth-order valence-corrected chi connectivity index (χ4v) is 3.77. The summed E-state index contributed by atoms with van der Waals surface area (Å²) in [7, 11) is 0. The number of hydrogen-bond acceptors (Lipinski definition) is 8. The summed E-state index contributed by atoms with van der Waals surface area (Å²) < 4.78 is 7.19.